The molecule has 0 aliphatic carbocycles. The van der Waals surface area contributed by atoms with Crippen molar-refractivity contribution in [3.8, 4) is 0 Å². The third-order valence-electron chi connectivity index (χ3n) is 3.39. The summed E-state index contributed by atoms with van der Waals surface area (Å²) in [7, 11) is 0. The molecule has 0 radical (unpaired) electrons. The molecule has 10 heteroatoms. The first kappa shape index (κ1) is 14.5. The number of nitrogens with two attached hydrogens (primary N) is 1. The predicted molar refractivity (Wildman–Crippen MR) is 73.7 cm³/mol. The molecule has 3 rings (SSSR count). The molecule has 0 amide bonds. The van der Waals surface area contributed by atoms with Crippen molar-refractivity contribution in [2.45, 2.75) is 31.8 Å². The molecule has 3 heterocycles. The van der Waals surface area contributed by atoms with Gasteiger partial charge in [0.05, 0.1) is 19.0 Å². The summed E-state index contributed by atoms with van der Waals surface area (Å²) in [5.41, 5.74) is 5.40. The SMILES string of the molecule is CC(=O)O[C@@H]1C[C@@H](CO)O[C@H]1n1cnc2c(=O)[nH]c(N)nc21. The Hall–Kier alpha value is -2.46. The predicted octanol–water partition coefficient (Wildman–Crippen LogP) is -1.09. The van der Waals surface area contributed by atoms with Crippen molar-refractivity contribution in [1.29, 1.82) is 0 Å². The van der Waals surface area contributed by atoms with Crippen LogP contribution in [0.15, 0.2) is 11.1 Å². The molecule has 0 spiro atoms. The Labute approximate surface area is 123 Å². The molecule has 0 saturated carbocycles. The fourth-order valence-corrected chi connectivity index (χ4v) is 2.53. The summed E-state index contributed by atoms with van der Waals surface area (Å²) in [6, 6.07) is 0. The Bertz CT molecular complexity index is 769. The number of nitrogens with zero attached hydrogens (tertiary/aromatic N) is 3. The van der Waals surface area contributed by atoms with E-state index in [1.54, 1.807) is 0 Å². The number of rotatable bonds is 3. The highest BCUT2D eigenvalue weighted by molar-refractivity contribution is 5.70. The number of hydrogen-bond donors (Lipinski definition) is 3. The first-order valence-electron chi connectivity index (χ1n) is 6.65. The van der Waals surface area contributed by atoms with Gasteiger partial charge in [-0.2, -0.15) is 4.98 Å². The maximum Gasteiger partial charge on any atom is 0.303 e. The van der Waals surface area contributed by atoms with E-state index in [0.717, 1.165) is 0 Å². The second-order valence-corrected chi connectivity index (χ2v) is 4.99. The monoisotopic (exact) mass is 309 g/mol. The third kappa shape index (κ3) is 2.42. The van der Waals surface area contributed by atoms with Crippen molar-refractivity contribution in [2.24, 2.45) is 0 Å². The van der Waals surface area contributed by atoms with Crippen LogP contribution >= 0.6 is 0 Å². The summed E-state index contributed by atoms with van der Waals surface area (Å²) < 4.78 is 12.4. The van der Waals surface area contributed by atoms with Gasteiger partial charge in [-0.15, -0.1) is 0 Å². The quantitative estimate of drug-likeness (QED) is 0.606. The Kier molecular flexibility index (Phi) is 3.54. The maximum absolute atomic E-state index is 11.8. The fraction of sp³-hybridized carbons (Fsp3) is 0.500. The van der Waals surface area contributed by atoms with E-state index in [9.17, 15) is 14.7 Å². The largest absolute Gasteiger partial charge is 0.458 e. The van der Waals surface area contributed by atoms with Gasteiger partial charge in [0.15, 0.2) is 17.4 Å². The molecule has 1 saturated heterocycles. The molecule has 1 fully saturated rings. The second-order valence-electron chi connectivity index (χ2n) is 4.99. The summed E-state index contributed by atoms with van der Waals surface area (Å²) in [6.45, 7) is 1.08. The Morgan fingerprint density at radius 2 is 2.45 bits per heavy atom. The highest BCUT2D eigenvalue weighted by Crippen LogP contribution is 2.32. The molecular formula is C12H15N5O5. The van der Waals surface area contributed by atoms with Gasteiger partial charge in [0, 0.05) is 13.3 Å². The molecule has 1 aliphatic heterocycles. The van der Waals surface area contributed by atoms with Crippen LogP contribution in [0.25, 0.3) is 11.2 Å². The molecule has 0 bridgehead atoms. The van der Waals surface area contributed by atoms with Crippen molar-refractivity contribution in [1.82, 2.24) is 19.5 Å². The van der Waals surface area contributed by atoms with Crippen LogP contribution in [0.1, 0.15) is 19.6 Å². The summed E-state index contributed by atoms with van der Waals surface area (Å²) in [5, 5.41) is 9.25. The summed E-state index contributed by atoms with van der Waals surface area (Å²) >= 11 is 0. The normalized spacial score (nSPS) is 24.7. The van der Waals surface area contributed by atoms with Crippen molar-refractivity contribution in [2.75, 3.05) is 12.3 Å². The van der Waals surface area contributed by atoms with Crippen LogP contribution in [0.4, 0.5) is 5.95 Å². The lowest BCUT2D eigenvalue weighted by atomic mass is 10.2. The van der Waals surface area contributed by atoms with Gasteiger partial charge in [0.25, 0.3) is 5.56 Å². The number of H-pyrrole nitrogens is 1. The molecule has 2 aromatic heterocycles. The summed E-state index contributed by atoms with van der Waals surface area (Å²) in [4.78, 5) is 33.4. The van der Waals surface area contributed by atoms with E-state index < -0.39 is 30.0 Å². The third-order valence-corrected chi connectivity index (χ3v) is 3.39. The average molecular weight is 309 g/mol. The number of carbonyl (C=O) groups excluding carboxylic acids is 1. The molecule has 118 valence electrons. The molecule has 0 aromatic carbocycles. The highest BCUT2D eigenvalue weighted by atomic mass is 16.6. The van der Waals surface area contributed by atoms with Crippen LogP contribution in [-0.4, -0.2) is 49.4 Å². The summed E-state index contributed by atoms with van der Waals surface area (Å²) in [5.74, 6) is -0.521. The van der Waals surface area contributed by atoms with Crippen LogP contribution in [-0.2, 0) is 14.3 Å². The second kappa shape index (κ2) is 5.39. The van der Waals surface area contributed by atoms with Gasteiger partial charge >= 0.3 is 5.97 Å². The van der Waals surface area contributed by atoms with Gasteiger partial charge in [-0.1, -0.05) is 0 Å². The Morgan fingerprint density at radius 1 is 1.68 bits per heavy atom. The number of carbonyl (C=O) groups is 1. The van der Waals surface area contributed by atoms with Gasteiger partial charge in [0.2, 0.25) is 5.95 Å². The van der Waals surface area contributed by atoms with Gasteiger partial charge < -0.3 is 20.3 Å². The standard InChI is InChI=1S/C12H15N5O5/c1-5(19)21-7-2-6(3-18)22-11(7)17-4-14-8-9(17)15-12(13)16-10(8)20/h4,6-7,11,18H,2-3H2,1H3,(H3,13,15,16,20)/t6-,7+,11+/m0/s1. The van der Waals surface area contributed by atoms with Crippen LogP contribution < -0.4 is 11.3 Å². The van der Waals surface area contributed by atoms with E-state index in [4.69, 9.17) is 15.2 Å². The lowest BCUT2D eigenvalue weighted by Gasteiger charge is -2.19. The van der Waals surface area contributed by atoms with E-state index in [2.05, 4.69) is 15.0 Å². The zero-order valence-corrected chi connectivity index (χ0v) is 11.7. The molecular weight excluding hydrogens is 294 g/mol. The number of aromatic nitrogens is 4. The first-order valence-corrected chi connectivity index (χ1v) is 6.65. The minimum Gasteiger partial charge on any atom is -0.458 e. The number of aliphatic hydroxyl groups is 1. The van der Waals surface area contributed by atoms with E-state index in [1.165, 1.54) is 17.8 Å². The minimum absolute atomic E-state index is 0.0556. The molecule has 3 atom stereocenters. The number of aliphatic hydroxyl groups excluding tert-OH is 1. The number of imidazole rings is 1. The lowest BCUT2D eigenvalue weighted by Crippen LogP contribution is -2.25. The van der Waals surface area contributed by atoms with Gasteiger partial charge in [-0.25, -0.2) is 4.98 Å². The topological polar surface area (TPSA) is 145 Å². The van der Waals surface area contributed by atoms with Crippen LogP contribution in [0, 0.1) is 0 Å². The van der Waals surface area contributed by atoms with Crippen molar-refractivity contribution in [3.63, 3.8) is 0 Å². The van der Waals surface area contributed by atoms with Crippen molar-refractivity contribution < 1.29 is 19.4 Å². The average Bonchev–Trinajstić information content (AvgIpc) is 3.01. The van der Waals surface area contributed by atoms with Crippen molar-refractivity contribution >= 4 is 23.1 Å². The molecule has 4 N–H and O–H groups in total. The maximum atomic E-state index is 11.8. The zero-order valence-electron chi connectivity index (χ0n) is 11.7. The minimum atomic E-state index is -0.736. The highest BCUT2D eigenvalue weighted by Gasteiger charge is 2.39. The lowest BCUT2D eigenvalue weighted by molar-refractivity contribution is -0.152. The number of fused-ring (bicyclic) bond motifs is 1. The molecule has 10 nitrogen and oxygen atoms in total. The number of esters is 1. The molecule has 2 aromatic rings. The number of aromatic amines is 1. The number of anilines is 1. The Morgan fingerprint density at radius 3 is 3.14 bits per heavy atom. The van der Waals surface area contributed by atoms with Gasteiger partial charge in [0.1, 0.15) is 6.10 Å². The van der Waals surface area contributed by atoms with E-state index >= 15 is 0 Å². The van der Waals surface area contributed by atoms with Gasteiger partial charge in [-0.05, 0) is 0 Å². The smallest absolute Gasteiger partial charge is 0.303 e. The van der Waals surface area contributed by atoms with Crippen LogP contribution in [0.2, 0.25) is 0 Å². The van der Waals surface area contributed by atoms with Crippen molar-refractivity contribution in [3.05, 3.63) is 16.7 Å². The van der Waals surface area contributed by atoms with Crippen LogP contribution in [0.3, 0.4) is 0 Å². The zero-order chi connectivity index (χ0) is 15.9. The number of nitrogens with one attached hydrogen (secondary N) is 1. The van der Waals surface area contributed by atoms with E-state index in [0.29, 0.717) is 6.42 Å². The Balaban J connectivity index is 2.04. The summed E-state index contributed by atoms with van der Waals surface area (Å²) in [6.07, 6.45) is -0.132. The number of hydrogen-bond acceptors (Lipinski definition) is 8. The first-order chi connectivity index (χ1) is 10.5. The van der Waals surface area contributed by atoms with E-state index in [-0.39, 0.29) is 23.7 Å². The van der Waals surface area contributed by atoms with Crippen LogP contribution in [0.5, 0.6) is 0 Å². The fourth-order valence-electron chi connectivity index (χ4n) is 2.53. The number of nitrogen functional groups attached to an aromatic ring is 1. The molecule has 22 heavy (non-hydrogen) atoms. The van der Waals surface area contributed by atoms with E-state index in [1.807, 2.05) is 0 Å². The van der Waals surface area contributed by atoms with Gasteiger partial charge in [-0.3, -0.25) is 19.1 Å². The number of ether oxygens (including phenoxy) is 2. The molecule has 1 aliphatic rings. The molecule has 0 unspecified atom stereocenters.